The van der Waals surface area contributed by atoms with Gasteiger partial charge >= 0.3 is 0 Å². The lowest BCUT2D eigenvalue weighted by Crippen LogP contribution is -2.42. The molecule has 140 valence electrons. The van der Waals surface area contributed by atoms with Gasteiger partial charge in [0, 0.05) is 19.6 Å². The van der Waals surface area contributed by atoms with Crippen LogP contribution in [0.25, 0.3) is 0 Å². The molecule has 0 aromatic heterocycles. The average molecular weight is 340 g/mol. The Labute approximate surface area is 147 Å². The summed E-state index contributed by atoms with van der Waals surface area (Å²) in [5.74, 6) is 1.28. The van der Waals surface area contributed by atoms with Crippen LogP contribution in [0.1, 0.15) is 65.2 Å². The fourth-order valence-electron chi connectivity index (χ4n) is 2.30. The third-order valence-corrected chi connectivity index (χ3v) is 3.90. The van der Waals surface area contributed by atoms with Crippen molar-refractivity contribution in [3.05, 3.63) is 0 Å². The van der Waals surface area contributed by atoms with Crippen LogP contribution in [-0.2, 0) is 0 Å². The van der Waals surface area contributed by atoms with Crippen LogP contribution < -0.4 is 22.5 Å². The molecule has 0 aliphatic rings. The zero-order chi connectivity index (χ0) is 18.0. The quantitative estimate of drug-likeness (QED) is 0.232. The van der Waals surface area contributed by atoms with Crippen molar-refractivity contribution in [1.82, 2.24) is 5.32 Å². The highest BCUT2D eigenvalue weighted by Gasteiger charge is 2.05. The summed E-state index contributed by atoms with van der Waals surface area (Å²) < 4.78 is 0. The highest BCUT2D eigenvalue weighted by molar-refractivity contribution is 5.97. The minimum absolute atomic E-state index is 0.339. The molecule has 7 N–H and O–H groups in total. The minimum atomic E-state index is 0.339. The largest absolute Gasteiger partial charge is 0.390 e. The zero-order valence-electron chi connectivity index (χ0n) is 15.5. The number of nitrogens with zero attached hydrogens (tertiary/aromatic N) is 3. The van der Waals surface area contributed by atoms with Crippen molar-refractivity contribution >= 4 is 18.3 Å². The number of aliphatic imine (C=N–C) groups is 3. The summed E-state index contributed by atoms with van der Waals surface area (Å²) in [7, 11) is 0. The molecule has 7 heteroatoms. The topological polar surface area (TPSA) is 127 Å². The first-order chi connectivity index (χ1) is 11.6. The predicted molar refractivity (Wildman–Crippen MR) is 105 cm³/mol. The Balaban J connectivity index is 3.89. The Hall–Kier alpha value is -1.79. The van der Waals surface area contributed by atoms with Crippen molar-refractivity contribution in [2.24, 2.45) is 38.1 Å². The van der Waals surface area contributed by atoms with Gasteiger partial charge in [-0.2, -0.15) is 0 Å². The smallest absolute Gasteiger partial charge is 0.195 e. The summed E-state index contributed by atoms with van der Waals surface area (Å²) in [5.41, 5.74) is 16.9. The first-order valence-corrected chi connectivity index (χ1v) is 9.20. The molecule has 0 aliphatic heterocycles. The van der Waals surface area contributed by atoms with E-state index in [0.29, 0.717) is 24.4 Å². The lowest BCUT2D eigenvalue weighted by molar-refractivity contribution is 0.462. The molecular formula is C17H37N7. The zero-order valence-corrected chi connectivity index (χ0v) is 15.5. The summed E-state index contributed by atoms with van der Waals surface area (Å²) in [6.07, 6.45) is 10.4. The van der Waals surface area contributed by atoms with Crippen LogP contribution in [-0.4, -0.2) is 37.9 Å². The Morgan fingerprint density at radius 2 is 1.62 bits per heavy atom. The Bertz CT molecular complexity index is 377. The van der Waals surface area contributed by atoms with Gasteiger partial charge in [-0.15, -0.1) is 0 Å². The molecule has 0 saturated heterocycles. The highest BCUT2D eigenvalue weighted by atomic mass is 15.2. The maximum Gasteiger partial charge on any atom is 0.195 e. The molecule has 0 bridgehead atoms. The summed E-state index contributed by atoms with van der Waals surface area (Å²) in [5, 5.41) is 2.86. The second-order valence-corrected chi connectivity index (χ2v) is 6.00. The fraction of sp³-hybridized carbons (Fsp3) is 0.824. The molecule has 0 saturated carbocycles. The monoisotopic (exact) mass is 339 g/mol. The molecule has 0 aliphatic carbocycles. The predicted octanol–water partition coefficient (Wildman–Crippen LogP) is 1.97. The van der Waals surface area contributed by atoms with Gasteiger partial charge in [-0.25, -0.2) is 0 Å². The van der Waals surface area contributed by atoms with E-state index >= 15 is 0 Å². The van der Waals surface area contributed by atoms with Crippen molar-refractivity contribution in [2.45, 2.75) is 65.2 Å². The molecule has 0 spiro atoms. The molecule has 0 aromatic carbocycles. The van der Waals surface area contributed by atoms with Crippen molar-refractivity contribution in [3.8, 4) is 0 Å². The summed E-state index contributed by atoms with van der Waals surface area (Å²) in [4.78, 5) is 12.6. The number of unbranched alkanes of at least 4 members (excludes halogenated alkanes) is 4. The van der Waals surface area contributed by atoms with E-state index in [2.05, 4.69) is 34.1 Å². The molecular weight excluding hydrogens is 302 g/mol. The highest BCUT2D eigenvalue weighted by Crippen LogP contribution is 2.12. The van der Waals surface area contributed by atoms with Gasteiger partial charge in [-0.05, 0) is 25.2 Å². The second-order valence-electron chi connectivity index (χ2n) is 6.00. The lowest BCUT2D eigenvalue weighted by atomic mass is 10.00. The van der Waals surface area contributed by atoms with Gasteiger partial charge in [0.1, 0.15) is 0 Å². The fourth-order valence-corrected chi connectivity index (χ4v) is 2.30. The van der Waals surface area contributed by atoms with Gasteiger partial charge < -0.3 is 17.2 Å². The molecule has 1 unspecified atom stereocenters. The normalized spacial score (nSPS) is 14.2. The summed E-state index contributed by atoms with van der Waals surface area (Å²) in [6, 6.07) is 0. The molecule has 0 aromatic rings. The first kappa shape index (κ1) is 22.2. The van der Waals surface area contributed by atoms with Gasteiger partial charge in [0.05, 0.1) is 6.34 Å². The maximum absolute atomic E-state index is 5.86. The Morgan fingerprint density at radius 1 is 0.958 bits per heavy atom. The lowest BCUT2D eigenvalue weighted by Gasteiger charge is -2.12. The van der Waals surface area contributed by atoms with Crippen LogP contribution in [0.5, 0.6) is 0 Å². The van der Waals surface area contributed by atoms with Gasteiger partial charge in [-0.1, -0.05) is 46.0 Å². The molecule has 1 atom stereocenters. The van der Waals surface area contributed by atoms with Crippen molar-refractivity contribution < 1.29 is 0 Å². The third kappa shape index (κ3) is 13.8. The third-order valence-electron chi connectivity index (χ3n) is 3.90. The average Bonchev–Trinajstić information content (AvgIpc) is 2.57. The number of nitrogens with two attached hydrogens (primary N) is 3. The van der Waals surface area contributed by atoms with Crippen LogP contribution in [0, 0.1) is 5.92 Å². The molecule has 7 nitrogen and oxygen atoms in total. The van der Waals surface area contributed by atoms with Crippen LogP contribution in [0.2, 0.25) is 0 Å². The molecule has 0 heterocycles. The summed E-state index contributed by atoms with van der Waals surface area (Å²) >= 11 is 0. The number of nitrogens with one attached hydrogen (secondary N) is 1. The number of guanidine groups is 2. The van der Waals surface area contributed by atoms with Crippen molar-refractivity contribution in [2.75, 3.05) is 19.6 Å². The van der Waals surface area contributed by atoms with Gasteiger partial charge in [-0.3, -0.25) is 20.3 Å². The Morgan fingerprint density at radius 3 is 2.25 bits per heavy atom. The number of hydrogen-bond acceptors (Lipinski definition) is 3. The summed E-state index contributed by atoms with van der Waals surface area (Å²) in [6.45, 7) is 6.64. The standard InChI is InChI=1S/C17H37N7/c1-3-5-10-15(4-2)13-23-17(20)24-16(19)22-12-9-7-6-8-11-21-14-18/h14-15H,3-13H2,1-2H3,(H2,18,21)(H5,19,20,22,23,24). The van der Waals surface area contributed by atoms with Crippen LogP contribution in [0.4, 0.5) is 0 Å². The van der Waals surface area contributed by atoms with Crippen LogP contribution >= 0.6 is 0 Å². The van der Waals surface area contributed by atoms with E-state index in [4.69, 9.17) is 17.2 Å². The van der Waals surface area contributed by atoms with Crippen molar-refractivity contribution in [1.29, 1.82) is 0 Å². The second kappa shape index (κ2) is 16.1. The van der Waals surface area contributed by atoms with Gasteiger partial charge in [0.2, 0.25) is 0 Å². The molecule has 0 fully saturated rings. The molecule has 0 amide bonds. The minimum Gasteiger partial charge on any atom is -0.390 e. The van der Waals surface area contributed by atoms with E-state index in [1.54, 1.807) is 0 Å². The first-order valence-electron chi connectivity index (χ1n) is 9.20. The van der Waals surface area contributed by atoms with Crippen molar-refractivity contribution in [3.63, 3.8) is 0 Å². The maximum atomic E-state index is 5.86. The van der Waals surface area contributed by atoms with Crippen LogP contribution in [0.3, 0.4) is 0 Å². The van der Waals surface area contributed by atoms with E-state index in [1.807, 2.05) is 0 Å². The van der Waals surface area contributed by atoms with E-state index in [-0.39, 0.29) is 0 Å². The number of rotatable bonds is 13. The number of hydrogen-bond donors (Lipinski definition) is 4. The van der Waals surface area contributed by atoms with Crippen LogP contribution in [0.15, 0.2) is 15.0 Å². The Kier molecular flexibility index (Phi) is 14.9. The van der Waals surface area contributed by atoms with E-state index in [0.717, 1.165) is 45.2 Å². The molecule has 0 rings (SSSR count). The van der Waals surface area contributed by atoms with E-state index in [9.17, 15) is 0 Å². The molecule has 24 heavy (non-hydrogen) atoms. The molecule has 0 radical (unpaired) electrons. The SMILES string of the molecule is CCCCC(CC)CN=C(N)NC(N)=NCCCCCCN=CN. The van der Waals surface area contributed by atoms with E-state index < -0.39 is 0 Å². The van der Waals surface area contributed by atoms with Gasteiger partial charge in [0.25, 0.3) is 0 Å². The van der Waals surface area contributed by atoms with E-state index in [1.165, 1.54) is 25.6 Å². The van der Waals surface area contributed by atoms with Gasteiger partial charge in [0.15, 0.2) is 11.9 Å².